The van der Waals surface area contributed by atoms with Gasteiger partial charge < -0.3 is 10.6 Å². The van der Waals surface area contributed by atoms with Gasteiger partial charge >= 0.3 is 0 Å². The van der Waals surface area contributed by atoms with Crippen LogP contribution in [0.15, 0.2) is 118 Å². The minimum absolute atomic E-state index is 0.00371. The maximum absolute atomic E-state index is 13.3. The van der Waals surface area contributed by atoms with Gasteiger partial charge in [0.05, 0.1) is 5.75 Å². The molecule has 0 saturated carbocycles. The van der Waals surface area contributed by atoms with Gasteiger partial charge in [-0.05, 0) is 72.3 Å². The third-order valence-corrected chi connectivity index (χ3v) is 6.90. The van der Waals surface area contributed by atoms with Crippen LogP contribution in [-0.2, 0) is 4.79 Å². The number of carbonyl (C=O) groups is 3. The molecule has 5 nitrogen and oxygen atoms in total. The van der Waals surface area contributed by atoms with Gasteiger partial charge in [0, 0.05) is 26.2 Å². The quantitative estimate of drug-likeness (QED) is 0.126. The Balaban J connectivity index is 1.43. The zero-order valence-corrected chi connectivity index (χ0v) is 22.4. The maximum Gasteiger partial charge on any atom is 0.272 e. The number of nitrogens with one attached hydrogen (secondary N) is 2. The van der Waals surface area contributed by atoms with Crippen molar-refractivity contribution < 1.29 is 18.8 Å². The molecular weight excluding hydrogens is 567 g/mol. The van der Waals surface area contributed by atoms with E-state index in [4.69, 9.17) is 0 Å². The van der Waals surface area contributed by atoms with Crippen molar-refractivity contribution in [1.82, 2.24) is 5.32 Å². The second-order valence-corrected chi connectivity index (χ2v) is 10.1. The largest absolute Gasteiger partial charge is 0.321 e. The summed E-state index contributed by atoms with van der Waals surface area (Å²) >= 11 is 4.76. The van der Waals surface area contributed by atoms with Gasteiger partial charge in [0.15, 0.2) is 5.78 Å². The number of anilines is 1. The van der Waals surface area contributed by atoms with Crippen LogP contribution in [0.4, 0.5) is 10.1 Å². The zero-order chi connectivity index (χ0) is 26.9. The highest BCUT2D eigenvalue weighted by molar-refractivity contribution is 9.10. The minimum atomic E-state index is -0.538. The van der Waals surface area contributed by atoms with Crippen LogP contribution < -0.4 is 10.6 Å². The number of carbonyl (C=O) groups excluding carboxylic acids is 3. The van der Waals surface area contributed by atoms with Gasteiger partial charge in [-0.1, -0.05) is 58.4 Å². The summed E-state index contributed by atoms with van der Waals surface area (Å²) in [5.74, 6) is -1.09. The summed E-state index contributed by atoms with van der Waals surface area (Å²) in [6.07, 6.45) is 1.48. The number of benzene rings is 4. The van der Waals surface area contributed by atoms with Gasteiger partial charge in [0.25, 0.3) is 11.8 Å². The molecule has 0 fully saturated rings. The van der Waals surface area contributed by atoms with Crippen molar-refractivity contribution in [2.75, 3.05) is 11.1 Å². The predicted molar refractivity (Wildman–Crippen MR) is 153 cm³/mol. The molecule has 4 aromatic rings. The average Bonchev–Trinajstić information content (AvgIpc) is 2.94. The Bertz CT molecular complexity index is 1460. The summed E-state index contributed by atoms with van der Waals surface area (Å²) in [4.78, 5) is 39.1. The lowest BCUT2D eigenvalue weighted by Crippen LogP contribution is -2.30. The summed E-state index contributed by atoms with van der Waals surface area (Å²) in [6.45, 7) is 0. The van der Waals surface area contributed by atoms with Crippen molar-refractivity contribution in [3.63, 3.8) is 0 Å². The van der Waals surface area contributed by atoms with Gasteiger partial charge in [0.2, 0.25) is 0 Å². The monoisotopic (exact) mass is 588 g/mol. The molecule has 0 unspecified atom stereocenters. The van der Waals surface area contributed by atoms with Crippen molar-refractivity contribution in [2.45, 2.75) is 4.90 Å². The fourth-order valence-corrected chi connectivity index (χ4v) is 4.43. The second-order valence-electron chi connectivity index (χ2n) is 8.13. The van der Waals surface area contributed by atoms with Crippen LogP contribution in [0.1, 0.15) is 26.3 Å². The molecule has 0 aliphatic carbocycles. The second kappa shape index (κ2) is 13.0. The topological polar surface area (TPSA) is 75.3 Å². The summed E-state index contributed by atoms with van der Waals surface area (Å²) in [6, 6.07) is 28.4. The summed E-state index contributed by atoms with van der Waals surface area (Å²) in [5.41, 5.74) is 2.10. The highest BCUT2D eigenvalue weighted by Gasteiger charge is 2.15. The third kappa shape index (κ3) is 7.74. The number of Topliss-reactive ketones (excluding diaryl/α,β-unsaturated/α-hetero) is 1. The van der Waals surface area contributed by atoms with Gasteiger partial charge in [-0.25, -0.2) is 4.39 Å². The van der Waals surface area contributed by atoms with E-state index in [2.05, 4.69) is 26.6 Å². The van der Waals surface area contributed by atoms with Crippen molar-refractivity contribution in [1.29, 1.82) is 0 Å². The Morgan fingerprint density at radius 1 is 0.789 bits per heavy atom. The fourth-order valence-electron chi connectivity index (χ4n) is 3.37. The fraction of sp³-hybridized carbons (Fsp3) is 0.0333. The number of amides is 2. The van der Waals surface area contributed by atoms with Crippen molar-refractivity contribution in [3.05, 3.63) is 136 Å². The standard InChI is InChI=1S/C30H22BrFN2O3S/c31-23-10-8-21(9-11-23)28(35)19-38-26-16-14-25(15-17-26)33-30(37)27(18-20-6-12-24(32)13-7-20)34-29(36)22-4-2-1-3-5-22/h1-18H,19H2,(H,33,37)(H,34,36)/b27-18-. The molecule has 0 spiro atoms. The molecular formula is C30H22BrFN2O3S. The number of rotatable bonds is 9. The van der Waals surface area contributed by atoms with Crippen molar-refractivity contribution in [2.24, 2.45) is 0 Å². The summed E-state index contributed by atoms with van der Waals surface area (Å²) in [7, 11) is 0. The van der Waals surface area contributed by atoms with Crippen LogP contribution in [0, 0.1) is 5.82 Å². The van der Waals surface area contributed by atoms with Crippen LogP contribution >= 0.6 is 27.7 Å². The Kier molecular flexibility index (Phi) is 9.24. The van der Waals surface area contributed by atoms with Crippen molar-refractivity contribution in [3.8, 4) is 0 Å². The van der Waals surface area contributed by atoms with E-state index in [1.807, 2.05) is 12.1 Å². The Labute approximate surface area is 232 Å². The van der Waals surface area contributed by atoms with Crippen LogP contribution in [0.25, 0.3) is 6.08 Å². The molecule has 4 rings (SSSR count). The number of hydrogen-bond acceptors (Lipinski definition) is 4. The Hall–Kier alpha value is -4.01. The first kappa shape index (κ1) is 27.0. The number of hydrogen-bond donors (Lipinski definition) is 2. The molecule has 2 N–H and O–H groups in total. The lowest BCUT2D eigenvalue weighted by molar-refractivity contribution is -0.113. The van der Waals surface area contributed by atoms with Crippen LogP contribution in [0.2, 0.25) is 0 Å². The molecule has 38 heavy (non-hydrogen) atoms. The molecule has 0 aromatic heterocycles. The predicted octanol–water partition coefficient (Wildman–Crippen LogP) is 6.97. The first-order chi connectivity index (χ1) is 18.4. The van der Waals surface area contributed by atoms with Crippen LogP contribution in [0.3, 0.4) is 0 Å². The van der Waals surface area contributed by atoms with E-state index in [0.717, 1.165) is 9.37 Å². The third-order valence-electron chi connectivity index (χ3n) is 5.36. The van der Waals surface area contributed by atoms with E-state index >= 15 is 0 Å². The summed E-state index contributed by atoms with van der Waals surface area (Å²) < 4.78 is 14.3. The van der Waals surface area contributed by atoms with Gasteiger partial charge in [-0.3, -0.25) is 14.4 Å². The smallest absolute Gasteiger partial charge is 0.272 e. The lowest BCUT2D eigenvalue weighted by Gasteiger charge is -2.12. The van der Waals surface area contributed by atoms with E-state index in [-0.39, 0.29) is 17.2 Å². The summed E-state index contributed by atoms with van der Waals surface area (Å²) in [5, 5.41) is 5.43. The molecule has 0 aliphatic rings. The molecule has 190 valence electrons. The van der Waals surface area contributed by atoms with Crippen LogP contribution in [-0.4, -0.2) is 23.4 Å². The van der Waals surface area contributed by atoms with E-state index in [0.29, 0.717) is 22.4 Å². The minimum Gasteiger partial charge on any atom is -0.321 e. The van der Waals surface area contributed by atoms with E-state index in [1.54, 1.807) is 66.7 Å². The molecule has 0 aliphatic heterocycles. The number of halogens is 2. The maximum atomic E-state index is 13.3. The number of ketones is 1. The Morgan fingerprint density at radius 2 is 1.45 bits per heavy atom. The van der Waals surface area contributed by atoms with E-state index < -0.39 is 17.6 Å². The molecule has 0 atom stereocenters. The highest BCUT2D eigenvalue weighted by Crippen LogP contribution is 2.22. The highest BCUT2D eigenvalue weighted by atomic mass is 79.9. The number of thioether (sulfide) groups is 1. The first-order valence-electron chi connectivity index (χ1n) is 11.5. The van der Waals surface area contributed by atoms with Crippen LogP contribution in [0.5, 0.6) is 0 Å². The molecule has 2 amide bonds. The van der Waals surface area contributed by atoms with E-state index in [9.17, 15) is 18.8 Å². The first-order valence-corrected chi connectivity index (χ1v) is 13.3. The lowest BCUT2D eigenvalue weighted by atomic mass is 10.1. The van der Waals surface area contributed by atoms with Crippen molar-refractivity contribution >= 4 is 57.1 Å². The van der Waals surface area contributed by atoms with Gasteiger partial charge in [-0.15, -0.1) is 11.8 Å². The molecule has 0 heterocycles. The van der Waals surface area contributed by atoms with Gasteiger partial charge in [-0.2, -0.15) is 0 Å². The SMILES string of the molecule is O=C(Nc1ccc(SCC(=O)c2ccc(Br)cc2)cc1)/C(=C/c1ccc(F)cc1)NC(=O)c1ccccc1. The molecule has 0 saturated heterocycles. The molecule has 4 aromatic carbocycles. The molecule has 8 heteroatoms. The average molecular weight is 589 g/mol. The normalized spacial score (nSPS) is 11.1. The van der Waals surface area contributed by atoms with E-state index in [1.165, 1.54) is 42.1 Å². The Morgan fingerprint density at radius 3 is 2.11 bits per heavy atom. The molecule has 0 radical (unpaired) electrons. The molecule has 0 bridgehead atoms. The van der Waals surface area contributed by atoms with Gasteiger partial charge in [0.1, 0.15) is 11.5 Å². The zero-order valence-electron chi connectivity index (χ0n) is 20.0.